The van der Waals surface area contributed by atoms with Crippen molar-refractivity contribution in [3.8, 4) is 11.3 Å². The maximum Gasteiger partial charge on any atom is 0.418 e. The predicted octanol–water partition coefficient (Wildman–Crippen LogP) is 4.52. The smallest absolute Gasteiger partial charge is 0.382 e. The molecule has 1 aliphatic heterocycles. The summed E-state index contributed by atoms with van der Waals surface area (Å²) < 4.78 is 85.6. The molecule has 40 heavy (non-hydrogen) atoms. The molecule has 1 saturated heterocycles. The Hall–Kier alpha value is -4.33. The normalized spacial score (nSPS) is 17.4. The molecule has 5 rings (SSSR count). The molecule has 2 aromatic carbocycles. The number of fused-ring (bicyclic) bond motifs is 1. The average Bonchev–Trinajstić information content (AvgIpc) is 3.46. The molecule has 2 amide bonds. The Bertz CT molecular complexity index is 1660. The summed E-state index contributed by atoms with van der Waals surface area (Å²) in [6.07, 6.45) is -5.75. The van der Waals surface area contributed by atoms with Gasteiger partial charge in [-0.1, -0.05) is 23.7 Å². The highest BCUT2D eigenvalue weighted by Gasteiger charge is 2.39. The van der Waals surface area contributed by atoms with E-state index in [1.54, 1.807) is 0 Å². The number of carbonyl (C=O) groups excluding carboxylic acids is 2. The molecule has 0 spiro atoms. The number of halogens is 7. The van der Waals surface area contributed by atoms with Crippen LogP contribution in [0.2, 0.25) is 5.02 Å². The molecule has 3 heterocycles. The lowest BCUT2D eigenvalue weighted by molar-refractivity contribution is -0.136. The van der Waals surface area contributed by atoms with Crippen molar-refractivity contribution in [3.63, 3.8) is 0 Å². The highest BCUT2D eigenvalue weighted by atomic mass is 35.5. The van der Waals surface area contributed by atoms with E-state index >= 15 is 0 Å². The van der Waals surface area contributed by atoms with Gasteiger partial charge in [-0.15, -0.1) is 0 Å². The number of likely N-dealkylation sites (tertiary alicyclic amines) is 1. The predicted molar refractivity (Wildman–Crippen MR) is 131 cm³/mol. The van der Waals surface area contributed by atoms with Crippen molar-refractivity contribution in [2.75, 3.05) is 18.8 Å². The zero-order chi connectivity index (χ0) is 28.9. The van der Waals surface area contributed by atoms with Crippen molar-refractivity contribution in [3.05, 3.63) is 82.1 Å². The van der Waals surface area contributed by atoms with Crippen LogP contribution in [-0.4, -0.2) is 56.6 Å². The number of benzene rings is 2. The van der Waals surface area contributed by atoms with Gasteiger partial charge < -0.3 is 16.0 Å². The standard InChI is InChI=1S/C25H17ClF6N6O2/c26-15-7-17(28)13(20-6-14(25(30,31)32)21-22(33)34-10-35-38(20)21)5-12(15)23(39)36-19-9-37(8-18(19)29)24(40)11-3-1-2-4-16(11)27/h1-7,10,18-19H,8-9H2,(H,36,39)(H2,33,34,35)/t18-,19+/m0/s1. The number of alkyl halides is 4. The van der Waals surface area contributed by atoms with E-state index < -0.39 is 81.6 Å². The highest BCUT2D eigenvalue weighted by molar-refractivity contribution is 6.34. The van der Waals surface area contributed by atoms with Gasteiger partial charge in [0, 0.05) is 12.1 Å². The SMILES string of the molecule is Nc1ncnn2c(-c3cc(C(=O)N[C@@H]4CN(C(=O)c5ccccc5F)C[C@@H]4F)c(Cl)cc3F)cc(C(F)(F)F)c12. The molecule has 0 radical (unpaired) electrons. The van der Waals surface area contributed by atoms with Gasteiger partial charge in [0.2, 0.25) is 0 Å². The minimum atomic E-state index is -4.89. The van der Waals surface area contributed by atoms with E-state index in [1.807, 2.05) is 0 Å². The van der Waals surface area contributed by atoms with E-state index in [1.165, 1.54) is 18.2 Å². The molecule has 0 bridgehead atoms. The second-order valence-corrected chi connectivity index (χ2v) is 9.35. The molecular weight excluding hydrogens is 566 g/mol. The Morgan fingerprint density at radius 1 is 1.05 bits per heavy atom. The Labute approximate surface area is 226 Å². The van der Waals surface area contributed by atoms with Crippen LogP contribution in [0.25, 0.3) is 16.8 Å². The lowest BCUT2D eigenvalue weighted by atomic mass is 10.1. The molecule has 4 aromatic rings. The third-order valence-corrected chi connectivity index (χ3v) is 6.73. The topological polar surface area (TPSA) is 106 Å². The summed E-state index contributed by atoms with van der Waals surface area (Å²) in [7, 11) is 0. The summed E-state index contributed by atoms with van der Waals surface area (Å²) in [6.45, 7) is -0.738. The lowest BCUT2D eigenvalue weighted by Gasteiger charge is -2.17. The molecule has 0 unspecified atom stereocenters. The number of hydrogen-bond donors (Lipinski definition) is 2. The number of anilines is 1. The van der Waals surface area contributed by atoms with Crippen molar-refractivity contribution >= 4 is 34.7 Å². The van der Waals surface area contributed by atoms with Crippen LogP contribution in [-0.2, 0) is 6.18 Å². The van der Waals surface area contributed by atoms with E-state index in [4.69, 9.17) is 17.3 Å². The zero-order valence-corrected chi connectivity index (χ0v) is 20.8. The molecule has 208 valence electrons. The van der Waals surface area contributed by atoms with Crippen molar-refractivity contribution in [1.82, 2.24) is 24.8 Å². The fraction of sp³-hybridized carbons (Fsp3) is 0.200. The van der Waals surface area contributed by atoms with Crippen LogP contribution in [0.15, 0.2) is 48.8 Å². The Balaban J connectivity index is 1.45. The third-order valence-electron chi connectivity index (χ3n) is 6.42. The van der Waals surface area contributed by atoms with E-state index in [9.17, 15) is 35.9 Å². The summed E-state index contributed by atoms with van der Waals surface area (Å²) in [6, 6.07) is 6.15. The largest absolute Gasteiger partial charge is 0.418 e. The second kappa shape index (κ2) is 10.0. The van der Waals surface area contributed by atoms with E-state index in [2.05, 4.69) is 15.4 Å². The molecule has 15 heteroatoms. The number of amides is 2. The van der Waals surface area contributed by atoms with Crippen LogP contribution in [0, 0.1) is 11.6 Å². The van der Waals surface area contributed by atoms with Gasteiger partial charge in [-0.25, -0.2) is 22.7 Å². The second-order valence-electron chi connectivity index (χ2n) is 8.94. The van der Waals surface area contributed by atoms with E-state index in [-0.39, 0.29) is 17.7 Å². The monoisotopic (exact) mass is 582 g/mol. The van der Waals surface area contributed by atoms with Crippen molar-refractivity contribution in [2.45, 2.75) is 18.4 Å². The van der Waals surface area contributed by atoms with Crippen molar-refractivity contribution in [2.24, 2.45) is 0 Å². The van der Waals surface area contributed by atoms with Gasteiger partial charge >= 0.3 is 6.18 Å². The Kier molecular flexibility index (Phi) is 6.82. The summed E-state index contributed by atoms with van der Waals surface area (Å²) in [5.74, 6) is -4.13. The number of nitrogen functional groups attached to an aromatic ring is 1. The minimum absolute atomic E-state index is 0.269. The van der Waals surface area contributed by atoms with Crippen LogP contribution in [0.4, 0.5) is 32.2 Å². The van der Waals surface area contributed by atoms with Crippen LogP contribution < -0.4 is 11.1 Å². The number of nitrogens with zero attached hydrogens (tertiary/aromatic N) is 4. The quantitative estimate of drug-likeness (QED) is 0.344. The summed E-state index contributed by atoms with van der Waals surface area (Å²) in [5, 5.41) is 5.72. The molecule has 8 nitrogen and oxygen atoms in total. The van der Waals surface area contributed by atoms with Crippen LogP contribution >= 0.6 is 11.6 Å². The number of nitrogens with one attached hydrogen (secondary N) is 1. The fourth-order valence-corrected chi connectivity index (χ4v) is 4.75. The average molecular weight is 583 g/mol. The van der Waals surface area contributed by atoms with Crippen LogP contribution in [0.5, 0.6) is 0 Å². The summed E-state index contributed by atoms with van der Waals surface area (Å²) in [5.41, 5.74) is 2.27. The van der Waals surface area contributed by atoms with E-state index in [0.29, 0.717) is 6.07 Å². The Morgan fingerprint density at radius 3 is 2.48 bits per heavy atom. The molecule has 2 aromatic heterocycles. The molecule has 2 atom stereocenters. The minimum Gasteiger partial charge on any atom is -0.382 e. The number of aromatic nitrogens is 3. The summed E-state index contributed by atoms with van der Waals surface area (Å²) in [4.78, 5) is 30.3. The third kappa shape index (κ3) is 4.78. The molecule has 0 saturated carbocycles. The number of nitrogens with two attached hydrogens (primary N) is 1. The maximum atomic E-state index is 15.0. The summed E-state index contributed by atoms with van der Waals surface area (Å²) >= 11 is 6.07. The number of hydrogen-bond acceptors (Lipinski definition) is 5. The molecule has 0 aliphatic carbocycles. The molecule has 1 fully saturated rings. The first-order valence-electron chi connectivity index (χ1n) is 11.5. The first kappa shape index (κ1) is 27.2. The maximum absolute atomic E-state index is 15.0. The first-order valence-corrected chi connectivity index (χ1v) is 11.9. The highest BCUT2D eigenvalue weighted by Crippen LogP contribution is 2.40. The fourth-order valence-electron chi connectivity index (χ4n) is 4.51. The van der Waals surface area contributed by atoms with Gasteiger partial charge in [0.1, 0.15) is 29.7 Å². The number of rotatable bonds is 4. The van der Waals surface area contributed by atoms with Gasteiger partial charge in [0.25, 0.3) is 11.8 Å². The van der Waals surface area contributed by atoms with Gasteiger partial charge in [-0.3, -0.25) is 9.59 Å². The van der Waals surface area contributed by atoms with Gasteiger partial charge in [0.15, 0.2) is 5.82 Å². The van der Waals surface area contributed by atoms with Gasteiger partial charge in [-0.2, -0.15) is 18.3 Å². The van der Waals surface area contributed by atoms with Crippen LogP contribution in [0.3, 0.4) is 0 Å². The zero-order valence-electron chi connectivity index (χ0n) is 20.0. The van der Waals surface area contributed by atoms with Gasteiger partial charge in [-0.05, 0) is 30.3 Å². The molecule has 3 N–H and O–H groups in total. The van der Waals surface area contributed by atoms with Crippen LogP contribution in [0.1, 0.15) is 26.3 Å². The molecule has 1 aliphatic rings. The first-order chi connectivity index (χ1) is 18.9. The van der Waals surface area contributed by atoms with E-state index in [0.717, 1.165) is 33.9 Å². The van der Waals surface area contributed by atoms with Crippen molar-refractivity contribution < 1.29 is 35.9 Å². The van der Waals surface area contributed by atoms with Gasteiger partial charge in [0.05, 0.1) is 40.0 Å². The Morgan fingerprint density at radius 2 is 1.77 bits per heavy atom. The van der Waals surface area contributed by atoms with Crippen molar-refractivity contribution in [1.29, 1.82) is 0 Å². The molecular formula is C25H17ClF6N6O2. The number of carbonyl (C=O) groups is 2. The lowest BCUT2D eigenvalue weighted by Crippen LogP contribution is -2.42.